The van der Waals surface area contributed by atoms with E-state index in [1.165, 1.54) is 12.4 Å². The van der Waals surface area contributed by atoms with Gasteiger partial charge in [0.2, 0.25) is 5.95 Å². The Morgan fingerprint density at radius 2 is 1.63 bits per heavy atom. The number of nitrogens with one attached hydrogen (secondary N) is 1. The molecule has 138 valence electrons. The van der Waals surface area contributed by atoms with E-state index in [2.05, 4.69) is 15.3 Å². The SMILES string of the molecule is CN(CCC(O)c1ccccc1)C(=O)c1cnc(Nc2ccccc2)nc1. The van der Waals surface area contributed by atoms with Crippen molar-refractivity contribution in [3.8, 4) is 0 Å². The topological polar surface area (TPSA) is 78.3 Å². The third kappa shape index (κ3) is 5.12. The lowest BCUT2D eigenvalue weighted by molar-refractivity contribution is 0.0760. The van der Waals surface area contributed by atoms with Crippen LogP contribution in [0.3, 0.4) is 0 Å². The number of aromatic nitrogens is 2. The van der Waals surface area contributed by atoms with Gasteiger partial charge in [-0.15, -0.1) is 0 Å². The number of benzene rings is 2. The van der Waals surface area contributed by atoms with Gasteiger partial charge in [-0.1, -0.05) is 48.5 Å². The fourth-order valence-electron chi connectivity index (χ4n) is 2.63. The van der Waals surface area contributed by atoms with Crippen LogP contribution in [0.1, 0.15) is 28.4 Å². The Balaban J connectivity index is 1.55. The molecule has 0 bridgehead atoms. The van der Waals surface area contributed by atoms with E-state index in [0.717, 1.165) is 11.3 Å². The predicted octanol–water partition coefficient (Wildman–Crippen LogP) is 3.42. The first-order chi connectivity index (χ1) is 13.1. The molecule has 3 aromatic rings. The van der Waals surface area contributed by atoms with Crippen molar-refractivity contribution in [1.82, 2.24) is 14.9 Å². The maximum absolute atomic E-state index is 12.5. The summed E-state index contributed by atoms with van der Waals surface area (Å²) in [6, 6.07) is 19.0. The molecule has 1 atom stereocenters. The Morgan fingerprint density at radius 3 is 2.26 bits per heavy atom. The zero-order chi connectivity index (χ0) is 19.1. The number of hydrogen-bond acceptors (Lipinski definition) is 5. The van der Waals surface area contributed by atoms with Crippen LogP contribution in [0.4, 0.5) is 11.6 Å². The highest BCUT2D eigenvalue weighted by Gasteiger charge is 2.15. The van der Waals surface area contributed by atoms with Gasteiger partial charge in [-0.3, -0.25) is 4.79 Å². The van der Waals surface area contributed by atoms with Gasteiger partial charge in [-0.2, -0.15) is 0 Å². The van der Waals surface area contributed by atoms with Crippen molar-refractivity contribution in [2.45, 2.75) is 12.5 Å². The summed E-state index contributed by atoms with van der Waals surface area (Å²) in [7, 11) is 1.70. The van der Waals surface area contributed by atoms with Crippen molar-refractivity contribution in [2.75, 3.05) is 18.9 Å². The van der Waals surface area contributed by atoms with E-state index in [1.54, 1.807) is 11.9 Å². The van der Waals surface area contributed by atoms with Gasteiger partial charge in [0.15, 0.2) is 0 Å². The van der Waals surface area contributed by atoms with Gasteiger partial charge in [0.05, 0.1) is 11.7 Å². The molecule has 6 nitrogen and oxygen atoms in total. The van der Waals surface area contributed by atoms with Crippen molar-refractivity contribution in [1.29, 1.82) is 0 Å². The molecule has 1 heterocycles. The molecule has 6 heteroatoms. The number of nitrogens with zero attached hydrogens (tertiary/aromatic N) is 3. The average Bonchev–Trinajstić information content (AvgIpc) is 2.73. The largest absolute Gasteiger partial charge is 0.388 e. The summed E-state index contributed by atoms with van der Waals surface area (Å²) in [5.74, 6) is 0.251. The number of hydrogen-bond donors (Lipinski definition) is 2. The fourth-order valence-corrected chi connectivity index (χ4v) is 2.63. The minimum Gasteiger partial charge on any atom is -0.388 e. The van der Waals surface area contributed by atoms with Crippen LogP contribution in [0.25, 0.3) is 0 Å². The molecule has 0 saturated carbocycles. The van der Waals surface area contributed by atoms with Gasteiger partial charge < -0.3 is 15.3 Å². The van der Waals surface area contributed by atoms with Crippen LogP contribution in [0.2, 0.25) is 0 Å². The molecule has 0 aliphatic rings. The molecule has 0 aliphatic heterocycles. The summed E-state index contributed by atoms with van der Waals surface area (Å²) in [5.41, 5.74) is 2.13. The number of aliphatic hydroxyl groups is 1. The van der Waals surface area contributed by atoms with Gasteiger partial charge in [0, 0.05) is 31.7 Å². The van der Waals surface area contributed by atoms with Gasteiger partial charge in [-0.25, -0.2) is 9.97 Å². The Kier molecular flexibility index (Phi) is 6.12. The van der Waals surface area contributed by atoms with E-state index in [9.17, 15) is 9.90 Å². The molecule has 27 heavy (non-hydrogen) atoms. The van der Waals surface area contributed by atoms with Crippen LogP contribution in [-0.4, -0.2) is 39.5 Å². The minimum absolute atomic E-state index is 0.179. The quantitative estimate of drug-likeness (QED) is 0.673. The molecule has 2 N–H and O–H groups in total. The number of aliphatic hydroxyl groups excluding tert-OH is 1. The number of amides is 1. The van der Waals surface area contributed by atoms with Gasteiger partial charge in [0.1, 0.15) is 0 Å². The number of carbonyl (C=O) groups is 1. The van der Waals surface area contributed by atoms with Crippen molar-refractivity contribution < 1.29 is 9.90 Å². The summed E-state index contributed by atoms with van der Waals surface area (Å²) in [6.45, 7) is 0.429. The van der Waals surface area contributed by atoms with Gasteiger partial charge in [-0.05, 0) is 24.1 Å². The Hall–Kier alpha value is -3.25. The van der Waals surface area contributed by atoms with E-state index >= 15 is 0 Å². The maximum atomic E-state index is 12.5. The third-order valence-electron chi connectivity index (χ3n) is 4.20. The number of rotatable bonds is 7. The number of carbonyl (C=O) groups excluding carboxylic acids is 1. The van der Waals surface area contributed by atoms with Crippen molar-refractivity contribution in [2.24, 2.45) is 0 Å². The Labute approximate surface area is 158 Å². The summed E-state index contributed by atoms with van der Waals surface area (Å²) < 4.78 is 0. The molecule has 1 aromatic heterocycles. The second kappa shape index (κ2) is 8.91. The standard InChI is InChI=1S/C21H22N4O2/c1-25(13-12-19(26)16-8-4-2-5-9-16)20(27)17-14-22-21(23-15-17)24-18-10-6-3-7-11-18/h2-11,14-15,19,26H,12-13H2,1H3,(H,22,23,24). The predicted molar refractivity (Wildman–Crippen MR) is 105 cm³/mol. The van der Waals surface area contributed by atoms with E-state index < -0.39 is 6.10 Å². The number of para-hydroxylation sites is 1. The first-order valence-corrected chi connectivity index (χ1v) is 8.76. The second-order valence-electron chi connectivity index (χ2n) is 6.23. The summed E-state index contributed by atoms with van der Waals surface area (Å²) in [5, 5.41) is 13.3. The molecule has 0 aliphatic carbocycles. The molecular formula is C21H22N4O2. The molecule has 0 radical (unpaired) electrons. The minimum atomic E-state index is -0.602. The highest BCUT2D eigenvalue weighted by Crippen LogP contribution is 2.17. The smallest absolute Gasteiger partial charge is 0.256 e. The first-order valence-electron chi connectivity index (χ1n) is 8.76. The highest BCUT2D eigenvalue weighted by molar-refractivity contribution is 5.93. The van der Waals surface area contributed by atoms with Crippen LogP contribution < -0.4 is 5.32 Å². The van der Waals surface area contributed by atoms with E-state index in [1.807, 2.05) is 60.7 Å². The molecule has 2 aromatic carbocycles. The van der Waals surface area contributed by atoms with Crippen molar-refractivity contribution in [3.63, 3.8) is 0 Å². The Bertz CT molecular complexity index is 854. The normalized spacial score (nSPS) is 11.6. The lowest BCUT2D eigenvalue weighted by Crippen LogP contribution is -2.29. The lowest BCUT2D eigenvalue weighted by Gasteiger charge is -2.19. The number of anilines is 2. The van der Waals surface area contributed by atoms with Crippen molar-refractivity contribution >= 4 is 17.5 Å². The molecule has 0 fully saturated rings. The Morgan fingerprint density at radius 1 is 1.04 bits per heavy atom. The third-order valence-corrected chi connectivity index (χ3v) is 4.20. The molecule has 3 rings (SSSR count). The van der Waals surface area contributed by atoms with E-state index in [-0.39, 0.29) is 5.91 Å². The molecule has 0 spiro atoms. The van der Waals surface area contributed by atoms with E-state index in [0.29, 0.717) is 24.5 Å². The molecular weight excluding hydrogens is 340 g/mol. The summed E-state index contributed by atoms with van der Waals surface area (Å²) >= 11 is 0. The summed E-state index contributed by atoms with van der Waals surface area (Å²) in [6.07, 6.45) is 2.87. The summed E-state index contributed by atoms with van der Waals surface area (Å²) in [4.78, 5) is 22.5. The molecule has 1 amide bonds. The van der Waals surface area contributed by atoms with Crippen LogP contribution >= 0.6 is 0 Å². The maximum Gasteiger partial charge on any atom is 0.256 e. The zero-order valence-corrected chi connectivity index (χ0v) is 15.1. The van der Waals surface area contributed by atoms with Gasteiger partial charge in [0.25, 0.3) is 5.91 Å². The van der Waals surface area contributed by atoms with Crippen molar-refractivity contribution in [3.05, 3.63) is 84.2 Å². The monoisotopic (exact) mass is 362 g/mol. The first kappa shape index (κ1) is 18.5. The fraction of sp³-hybridized carbons (Fsp3) is 0.190. The van der Waals surface area contributed by atoms with Crippen LogP contribution in [0.15, 0.2) is 73.1 Å². The highest BCUT2D eigenvalue weighted by atomic mass is 16.3. The van der Waals surface area contributed by atoms with Crippen LogP contribution in [0.5, 0.6) is 0 Å². The van der Waals surface area contributed by atoms with Crippen LogP contribution in [0, 0.1) is 0 Å². The van der Waals surface area contributed by atoms with Gasteiger partial charge >= 0.3 is 0 Å². The second-order valence-corrected chi connectivity index (χ2v) is 6.23. The average molecular weight is 362 g/mol. The van der Waals surface area contributed by atoms with E-state index in [4.69, 9.17) is 0 Å². The zero-order valence-electron chi connectivity index (χ0n) is 15.1. The molecule has 0 saturated heterocycles. The molecule has 1 unspecified atom stereocenters. The lowest BCUT2D eigenvalue weighted by atomic mass is 10.1. The van der Waals surface area contributed by atoms with Crippen LogP contribution in [-0.2, 0) is 0 Å².